The third-order valence-electron chi connectivity index (χ3n) is 6.74. The van der Waals surface area contributed by atoms with Crippen LogP contribution in [0.5, 0.6) is 0 Å². The molecule has 170 valence electrons. The molecule has 1 amide bonds. The smallest absolute Gasteiger partial charge is 0.292 e. The summed E-state index contributed by atoms with van der Waals surface area (Å²) in [5.74, 6) is 1.43. The minimum absolute atomic E-state index is 0.0463. The fraction of sp³-hybridized carbons (Fsp3) is 0.640. The molecule has 0 aliphatic carbocycles. The van der Waals surface area contributed by atoms with Gasteiger partial charge in [-0.05, 0) is 69.7 Å². The summed E-state index contributed by atoms with van der Waals surface area (Å²) >= 11 is 0. The molecule has 0 N–H and O–H groups in total. The maximum absolute atomic E-state index is 13.3. The zero-order valence-electron chi connectivity index (χ0n) is 19.0. The van der Waals surface area contributed by atoms with E-state index in [0.29, 0.717) is 37.2 Å². The fourth-order valence-corrected chi connectivity index (χ4v) is 4.80. The van der Waals surface area contributed by atoms with Gasteiger partial charge in [-0.15, -0.1) is 0 Å². The Morgan fingerprint density at radius 2 is 1.81 bits per heavy atom. The third kappa shape index (κ3) is 5.80. The van der Waals surface area contributed by atoms with Crippen molar-refractivity contribution in [3.8, 4) is 0 Å². The van der Waals surface area contributed by atoms with Crippen LogP contribution < -0.4 is 0 Å². The number of ether oxygens (including phenoxy) is 3. The molecule has 0 unspecified atom stereocenters. The summed E-state index contributed by atoms with van der Waals surface area (Å²) in [6.07, 6.45) is 4.45. The van der Waals surface area contributed by atoms with Crippen LogP contribution in [0.4, 0.5) is 0 Å². The molecule has 0 aromatic heterocycles. The number of likely N-dealkylation sites (tertiary alicyclic amines) is 1. The van der Waals surface area contributed by atoms with Crippen molar-refractivity contribution >= 4 is 5.91 Å². The van der Waals surface area contributed by atoms with Gasteiger partial charge in [0.15, 0.2) is 0 Å². The summed E-state index contributed by atoms with van der Waals surface area (Å²) in [5, 5.41) is 0. The van der Waals surface area contributed by atoms with Crippen LogP contribution in [0.2, 0.25) is 0 Å². The predicted molar refractivity (Wildman–Crippen MR) is 119 cm³/mol. The normalized spacial score (nSPS) is 22.8. The Kier molecular flexibility index (Phi) is 7.51. The van der Waals surface area contributed by atoms with Crippen molar-refractivity contribution in [2.45, 2.75) is 52.2 Å². The molecule has 1 aromatic carbocycles. The first-order chi connectivity index (χ1) is 15.1. The highest BCUT2D eigenvalue weighted by atomic mass is 16.6. The number of aryl methyl sites for hydroxylation is 1. The lowest BCUT2D eigenvalue weighted by Crippen LogP contribution is -2.45. The van der Waals surface area contributed by atoms with Gasteiger partial charge in [-0.25, -0.2) is 0 Å². The lowest BCUT2D eigenvalue weighted by Gasteiger charge is -2.36. The number of amides is 1. The van der Waals surface area contributed by atoms with Gasteiger partial charge >= 0.3 is 0 Å². The molecule has 3 heterocycles. The van der Waals surface area contributed by atoms with Crippen LogP contribution in [0, 0.1) is 12.8 Å². The standard InChI is InChI=1S/C25H36N2O4/c1-19-6-3-4-7-22(19)17-26-11-9-21(10-12-26)16-27(18-23-8-5-13-30-23)25(28)24-20(2)29-14-15-31-24/h3-4,6-7,21,23H,5,8-18H2,1-2H3/t23-/m0/s1. The van der Waals surface area contributed by atoms with Gasteiger partial charge in [0.2, 0.25) is 5.76 Å². The van der Waals surface area contributed by atoms with Crippen LogP contribution in [0.3, 0.4) is 0 Å². The highest BCUT2D eigenvalue weighted by Crippen LogP contribution is 2.24. The van der Waals surface area contributed by atoms with Crippen molar-refractivity contribution in [3.63, 3.8) is 0 Å². The Bertz CT molecular complexity index is 779. The van der Waals surface area contributed by atoms with Gasteiger partial charge in [0.1, 0.15) is 19.0 Å². The van der Waals surface area contributed by atoms with Gasteiger partial charge < -0.3 is 19.1 Å². The van der Waals surface area contributed by atoms with Crippen LogP contribution in [0.25, 0.3) is 0 Å². The van der Waals surface area contributed by atoms with Crippen LogP contribution >= 0.6 is 0 Å². The first-order valence-corrected chi connectivity index (χ1v) is 11.7. The van der Waals surface area contributed by atoms with E-state index in [9.17, 15) is 4.79 Å². The number of nitrogens with zero attached hydrogens (tertiary/aromatic N) is 2. The van der Waals surface area contributed by atoms with Gasteiger partial charge in [0.05, 0.1) is 6.10 Å². The van der Waals surface area contributed by atoms with Gasteiger partial charge in [0.25, 0.3) is 5.91 Å². The van der Waals surface area contributed by atoms with Crippen molar-refractivity contribution in [1.29, 1.82) is 0 Å². The summed E-state index contributed by atoms with van der Waals surface area (Å²) < 4.78 is 17.1. The molecule has 31 heavy (non-hydrogen) atoms. The number of rotatable bonds is 7. The Labute approximate surface area is 186 Å². The van der Waals surface area contributed by atoms with Gasteiger partial charge in [0, 0.05) is 26.2 Å². The third-order valence-corrected chi connectivity index (χ3v) is 6.74. The van der Waals surface area contributed by atoms with Crippen molar-refractivity contribution in [1.82, 2.24) is 9.80 Å². The summed E-state index contributed by atoms with van der Waals surface area (Å²) in [6, 6.07) is 8.64. The van der Waals surface area contributed by atoms with Crippen molar-refractivity contribution in [3.05, 3.63) is 46.9 Å². The molecule has 0 spiro atoms. The van der Waals surface area contributed by atoms with E-state index < -0.39 is 0 Å². The van der Waals surface area contributed by atoms with Crippen molar-refractivity contribution < 1.29 is 19.0 Å². The van der Waals surface area contributed by atoms with E-state index in [2.05, 4.69) is 36.1 Å². The Morgan fingerprint density at radius 1 is 1.03 bits per heavy atom. The molecule has 3 aliphatic rings. The van der Waals surface area contributed by atoms with Gasteiger partial charge in [-0.3, -0.25) is 9.69 Å². The average Bonchev–Trinajstić information content (AvgIpc) is 3.29. The van der Waals surface area contributed by atoms with Gasteiger partial charge in [-0.1, -0.05) is 24.3 Å². The van der Waals surface area contributed by atoms with Crippen molar-refractivity contribution in [2.75, 3.05) is 46.0 Å². The molecule has 3 aliphatic heterocycles. The van der Waals surface area contributed by atoms with Crippen LogP contribution in [0.15, 0.2) is 35.8 Å². The first-order valence-electron chi connectivity index (χ1n) is 11.7. The molecular weight excluding hydrogens is 392 g/mol. The number of allylic oxidation sites excluding steroid dienone is 1. The number of piperidine rings is 1. The molecule has 1 aromatic rings. The number of hydrogen-bond donors (Lipinski definition) is 0. The maximum atomic E-state index is 13.3. The molecule has 0 saturated carbocycles. The Morgan fingerprint density at radius 3 is 2.52 bits per heavy atom. The van der Waals surface area contributed by atoms with E-state index in [0.717, 1.165) is 58.5 Å². The molecule has 0 bridgehead atoms. The summed E-state index contributed by atoms with van der Waals surface area (Å²) in [6.45, 7) is 10.3. The fourth-order valence-electron chi connectivity index (χ4n) is 4.80. The molecule has 6 heteroatoms. The maximum Gasteiger partial charge on any atom is 0.292 e. The molecule has 2 saturated heterocycles. The molecule has 0 radical (unpaired) electrons. The molecule has 4 rings (SSSR count). The molecule has 6 nitrogen and oxygen atoms in total. The van der Waals surface area contributed by atoms with E-state index in [1.807, 2.05) is 11.8 Å². The monoisotopic (exact) mass is 428 g/mol. The largest absolute Gasteiger partial charge is 0.491 e. The molecule has 2 fully saturated rings. The van der Waals surface area contributed by atoms with E-state index in [4.69, 9.17) is 14.2 Å². The quantitative estimate of drug-likeness (QED) is 0.665. The van der Waals surface area contributed by atoms with Gasteiger partial charge in [-0.2, -0.15) is 0 Å². The summed E-state index contributed by atoms with van der Waals surface area (Å²) in [4.78, 5) is 17.8. The number of hydrogen-bond acceptors (Lipinski definition) is 5. The summed E-state index contributed by atoms with van der Waals surface area (Å²) in [5.41, 5.74) is 2.77. The zero-order valence-corrected chi connectivity index (χ0v) is 19.0. The van der Waals surface area contributed by atoms with E-state index >= 15 is 0 Å². The number of carbonyl (C=O) groups excluding carboxylic acids is 1. The second kappa shape index (κ2) is 10.5. The second-order valence-electron chi connectivity index (χ2n) is 9.07. The van der Waals surface area contributed by atoms with Crippen LogP contribution in [0.1, 0.15) is 43.7 Å². The SMILES string of the molecule is CC1=C(C(=O)N(CC2CCN(Cc3ccccc3C)CC2)C[C@@H]2CCCO2)OCCO1. The minimum atomic E-state index is -0.0463. The number of carbonyl (C=O) groups is 1. The highest BCUT2D eigenvalue weighted by Gasteiger charge is 2.31. The lowest BCUT2D eigenvalue weighted by molar-refractivity contribution is -0.135. The Balaban J connectivity index is 1.35. The van der Waals surface area contributed by atoms with Crippen LogP contribution in [-0.4, -0.2) is 67.8 Å². The summed E-state index contributed by atoms with van der Waals surface area (Å²) in [7, 11) is 0. The Hall–Kier alpha value is -2.05. The minimum Gasteiger partial charge on any atom is -0.491 e. The number of benzene rings is 1. The van der Waals surface area contributed by atoms with E-state index in [1.54, 1.807) is 0 Å². The zero-order chi connectivity index (χ0) is 21.6. The first kappa shape index (κ1) is 22.2. The highest BCUT2D eigenvalue weighted by molar-refractivity contribution is 5.92. The topological polar surface area (TPSA) is 51.2 Å². The molecule has 1 atom stereocenters. The second-order valence-corrected chi connectivity index (χ2v) is 9.07. The predicted octanol–water partition coefficient (Wildman–Crippen LogP) is 3.49. The van der Waals surface area contributed by atoms with E-state index in [-0.39, 0.29) is 12.0 Å². The van der Waals surface area contributed by atoms with Crippen molar-refractivity contribution in [2.24, 2.45) is 5.92 Å². The molecular formula is C25H36N2O4. The van der Waals surface area contributed by atoms with Crippen LogP contribution in [-0.2, 0) is 25.5 Å². The average molecular weight is 429 g/mol. The van der Waals surface area contributed by atoms with E-state index in [1.165, 1.54) is 11.1 Å². The lowest BCUT2D eigenvalue weighted by atomic mass is 9.95.